The normalized spacial score (nSPS) is 11.4. The third kappa shape index (κ3) is 6.09. The summed E-state index contributed by atoms with van der Waals surface area (Å²) in [4.78, 5) is 10.4. The lowest BCUT2D eigenvalue weighted by molar-refractivity contribution is 1.18. The maximum atomic E-state index is 5.22. The van der Waals surface area contributed by atoms with Gasteiger partial charge in [0.1, 0.15) is 0 Å². The highest BCUT2D eigenvalue weighted by atomic mass is 14.9. The van der Waals surface area contributed by atoms with Crippen molar-refractivity contribution in [1.82, 2.24) is 9.97 Å². The molecule has 0 fully saturated rings. The highest BCUT2D eigenvalue weighted by Gasteiger charge is 2.15. The highest BCUT2D eigenvalue weighted by Crippen LogP contribution is 2.40. The van der Waals surface area contributed by atoms with Crippen molar-refractivity contribution in [1.29, 1.82) is 0 Å². The van der Waals surface area contributed by atoms with Crippen molar-refractivity contribution >= 4 is 43.1 Å². The Morgan fingerprint density at radius 2 is 0.707 bits per heavy atom. The van der Waals surface area contributed by atoms with E-state index in [9.17, 15) is 0 Å². The summed E-state index contributed by atoms with van der Waals surface area (Å²) in [6, 6.07) is 78.3. The summed E-state index contributed by atoms with van der Waals surface area (Å²) < 4.78 is 0. The molecule has 0 atom stereocenters. The fourth-order valence-corrected chi connectivity index (χ4v) is 8.46. The van der Waals surface area contributed by atoms with Crippen LogP contribution in [-0.4, -0.2) is 9.97 Å². The van der Waals surface area contributed by atoms with Gasteiger partial charge in [-0.25, -0.2) is 9.97 Å². The second-order valence-electron chi connectivity index (χ2n) is 15.0. The summed E-state index contributed by atoms with van der Waals surface area (Å²) in [5.41, 5.74) is 12.0. The number of fused-ring (bicyclic) bond motifs is 5. The maximum Gasteiger partial charge on any atom is 0.160 e. The van der Waals surface area contributed by atoms with Gasteiger partial charge in [-0.3, -0.25) is 0 Å². The molecule has 1 aromatic heterocycles. The number of rotatable bonds is 6. The number of benzene rings is 10. The number of aromatic nitrogens is 2. The summed E-state index contributed by atoms with van der Waals surface area (Å²) in [7, 11) is 0. The van der Waals surface area contributed by atoms with Gasteiger partial charge >= 0.3 is 0 Å². The van der Waals surface area contributed by atoms with Crippen molar-refractivity contribution in [3.8, 4) is 67.3 Å². The molecule has 10 aromatic carbocycles. The zero-order valence-corrected chi connectivity index (χ0v) is 31.7. The lowest BCUT2D eigenvalue weighted by Crippen LogP contribution is -1.96. The van der Waals surface area contributed by atoms with E-state index in [1.54, 1.807) is 0 Å². The lowest BCUT2D eigenvalue weighted by Gasteiger charge is -2.15. The molecule has 0 unspecified atom stereocenters. The highest BCUT2D eigenvalue weighted by molar-refractivity contribution is 6.20. The smallest absolute Gasteiger partial charge is 0.160 e. The van der Waals surface area contributed by atoms with E-state index in [-0.39, 0.29) is 0 Å². The van der Waals surface area contributed by atoms with Crippen LogP contribution in [0.2, 0.25) is 0 Å². The number of hydrogen-bond donors (Lipinski definition) is 0. The van der Waals surface area contributed by atoms with Crippen molar-refractivity contribution in [2.75, 3.05) is 0 Å². The first-order valence-corrected chi connectivity index (χ1v) is 19.8. The quantitative estimate of drug-likeness (QED) is 0.125. The van der Waals surface area contributed by atoms with E-state index in [2.05, 4.69) is 212 Å². The Bertz CT molecular complexity index is 3290. The molecule has 2 nitrogen and oxygen atoms in total. The third-order valence-electron chi connectivity index (χ3n) is 11.5. The molecule has 0 radical (unpaired) electrons. The van der Waals surface area contributed by atoms with E-state index in [1.165, 1.54) is 70.9 Å². The van der Waals surface area contributed by atoms with Crippen molar-refractivity contribution in [3.63, 3.8) is 0 Å². The van der Waals surface area contributed by atoms with Crippen LogP contribution in [0.3, 0.4) is 0 Å². The van der Waals surface area contributed by atoms with Gasteiger partial charge in [0.25, 0.3) is 0 Å². The van der Waals surface area contributed by atoms with Crippen LogP contribution in [0, 0.1) is 0 Å². The number of nitrogens with zero attached hydrogens (tertiary/aromatic N) is 2. The molecule has 11 aromatic rings. The van der Waals surface area contributed by atoms with Crippen molar-refractivity contribution in [2.45, 2.75) is 0 Å². The van der Waals surface area contributed by atoms with Gasteiger partial charge in [0.05, 0.1) is 11.4 Å². The molecule has 270 valence electrons. The minimum Gasteiger partial charge on any atom is -0.228 e. The van der Waals surface area contributed by atoms with E-state index in [0.717, 1.165) is 33.6 Å². The molecule has 0 N–H and O–H groups in total. The van der Waals surface area contributed by atoms with E-state index < -0.39 is 0 Å². The minimum atomic E-state index is 0.696. The third-order valence-corrected chi connectivity index (χ3v) is 11.5. The molecule has 2 heteroatoms. The summed E-state index contributed by atoms with van der Waals surface area (Å²) >= 11 is 0. The fraction of sp³-hybridized carbons (Fsp3) is 0. The van der Waals surface area contributed by atoms with Gasteiger partial charge in [-0.15, -0.1) is 0 Å². The van der Waals surface area contributed by atoms with Crippen LogP contribution in [0.15, 0.2) is 218 Å². The van der Waals surface area contributed by atoms with Crippen molar-refractivity contribution < 1.29 is 0 Å². The van der Waals surface area contributed by atoms with Gasteiger partial charge in [-0.2, -0.15) is 0 Å². The molecule has 0 amide bonds. The second kappa shape index (κ2) is 14.1. The van der Waals surface area contributed by atoms with E-state index >= 15 is 0 Å². The second-order valence-corrected chi connectivity index (χ2v) is 15.0. The Balaban J connectivity index is 1.01. The molecule has 58 heavy (non-hydrogen) atoms. The van der Waals surface area contributed by atoms with Gasteiger partial charge in [0, 0.05) is 16.7 Å². The summed E-state index contributed by atoms with van der Waals surface area (Å²) in [5, 5.41) is 10.0. The molecule has 0 saturated heterocycles. The van der Waals surface area contributed by atoms with Crippen LogP contribution < -0.4 is 0 Å². The molecule has 0 aliphatic carbocycles. The lowest BCUT2D eigenvalue weighted by atomic mass is 9.89. The monoisotopic (exact) mass is 736 g/mol. The van der Waals surface area contributed by atoms with Crippen LogP contribution >= 0.6 is 0 Å². The van der Waals surface area contributed by atoms with Gasteiger partial charge in [-0.05, 0) is 94.7 Å². The standard InChI is InChI=1S/C56H36N2/c1-2-10-37(11-3-1)39-20-29-45(30-21-39)56-57-53(42-23-18-40(19-24-42)47-31-22-38-12-4-5-14-46(38)34-47)36-54(58-56)43-25-27-44(28-26-43)55-50-17-9-7-15-48(50)35-52-49-16-8-6-13-41(49)32-33-51(52)55/h1-36H. The van der Waals surface area contributed by atoms with Crippen LogP contribution in [-0.2, 0) is 0 Å². The minimum absolute atomic E-state index is 0.696. The molecule has 11 rings (SSSR count). The molecule has 0 aliphatic rings. The van der Waals surface area contributed by atoms with Crippen LogP contribution in [0.1, 0.15) is 0 Å². The first-order valence-electron chi connectivity index (χ1n) is 19.8. The summed E-state index contributed by atoms with van der Waals surface area (Å²) in [5.74, 6) is 0.696. The van der Waals surface area contributed by atoms with Gasteiger partial charge in [0.15, 0.2) is 5.82 Å². The zero-order chi connectivity index (χ0) is 38.4. The van der Waals surface area contributed by atoms with Crippen molar-refractivity contribution in [3.05, 3.63) is 218 Å². The Labute approximate surface area is 337 Å². The van der Waals surface area contributed by atoms with Gasteiger partial charge < -0.3 is 0 Å². The van der Waals surface area contributed by atoms with Crippen molar-refractivity contribution in [2.24, 2.45) is 0 Å². The van der Waals surface area contributed by atoms with Gasteiger partial charge in [0.2, 0.25) is 0 Å². The molecule has 0 saturated carbocycles. The van der Waals surface area contributed by atoms with E-state index in [1.807, 2.05) is 6.07 Å². The topological polar surface area (TPSA) is 25.8 Å². The summed E-state index contributed by atoms with van der Waals surface area (Å²) in [6.07, 6.45) is 0. The van der Waals surface area contributed by atoms with Crippen LogP contribution in [0.25, 0.3) is 110 Å². The first kappa shape index (κ1) is 33.6. The predicted octanol–water partition coefficient (Wildman–Crippen LogP) is 15.1. The Hall–Kier alpha value is -7.68. The van der Waals surface area contributed by atoms with Crippen LogP contribution in [0.5, 0.6) is 0 Å². The fourth-order valence-electron chi connectivity index (χ4n) is 8.46. The molecule has 0 aliphatic heterocycles. The molecular weight excluding hydrogens is 701 g/mol. The SMILES string of the molecule is c1ccc(-c2ccc(-c3nc(-c4ccc(-c5ccc6ccccc6c5)cc4)cc(-c4ccc(-c5c6ccccc6cc6c5ccc5ccccc56)cc4)n3)cc2)cc1. The zero-order valence-electron chi connectivity index (χ0n) is 31.7. The average molecular weight is 737 g/mol. The Morgan fingerprint density at radius 1 is 0.224 bits per heavy atom. The van der Waals surface area contributed by atoms with Crippen LogP contribution in [0.4, 0.5) is 0 Å². The molecule has 1 heterocycles. The maximum absolute atomic E-state index is 5.22. The largest absolute Gasteiger partial charge is 0.228 e. The first-order chi connectivity index (χ1) is 28.7. The van der Waals surface area contributed by atoms with E-state index in [0.29, 0.717) is 5.82 Å². The molecule has 0 spiro atoms. The molecule has 0 bridgehead atoms. The van der Waals surface area contributed by atoms with Gasteiger partial charge in [-0.1, -0.05) is 200 Å². The summed E-state index contributed by atoms with van der Waals surface area (Å²) in [6.45, 7) is 0. The van der Waals surface area contributed by atoms with E-state index in [4.69, 9.17) is 9.97 Å². The Morgan fingerprint density at radius 3 is 1.41 bits per heavy atom. The average Bonchev–Trinajstić information content (AvgIpc) is 3.31. The predicted molar refractivity (Wildman–Crippen MR) is 245 cm³/mol. The number of hydrogen-bond acceptors (Lipinski definition) is 2. The molecular formula is C56H36N2. The Kier molecular flexibility index (Phi) is 8.19.